The number of halogens is 1. The summed E-state index contributed by atoms with van der Waals surface area (Å²) in [5, 5.41) is 9.52. The Hall–Kier alpha value is -4.49. The van der Waals surface area contributed by atoms with Gasteiger partial charge in [0.1, 0.15) is 12.1 Å². The predicted octanol–water partition coefficient (Wildman–Crippen LogP) is 5.60. The zero-order chi connectivity index (χ0) is 30.4. The Morgan fingerprint density at radius 1 is 1.05 bits per heavy atom. The van der Waals surface area contributed by atoms with Crippen molar-refractivity contribution in [2.45, 2.75) is 32.6 Å². The van der Waals surface area contributed by atoms with E-state index in [0.29, 0.717) is 34.8 Å². The van der Waals surface area contributed by atoms with Gasteiger partial charge in [-0.15, -0.1) is 0 Å². The number of rotatable bonds is 10. The van der Waals surface area contributed by atoms with E-state index >= 15 is 4.39 Å². The van der Waals surface area contributed by atoms with Crippen molar-refractivity contribution in [3.8, 4) is 23.1 Å². The summed E-state index contributed by atoms with van der Waals surface area (Å²) in [4.78, 5) is 23.3. The third-order valence-electron chi connectivity index (χ3n) is 6.75. The fraction of sp³-hybridized carbons (Fsp3) is 0.400. The van der Waals surface area contributed by atoms with Gasteiger partial charge in [-0.25, -0.2) is 19.2 Å². The van der Waals surface area contributed by atoms with Crippen molar-refractivity contribution in [1.29, 1.82) is 0 Å². The van der Waals surface area contributed by atoms with Gasteiger partial charge in [0.05, 0.1) is 37.8 Å². The zero-order valence-electron chi connectivity index (χ0n) is 24.6. The monoisotopic (exact) mass is 594 g/mol. The summed E-state index contributed by atoms with van der Waals surface area (Å²) in [5.74, 6) is 1.25. The Labute approximate surface area is 248 Å². The molecule has 4 aromatic rings. The van der Waals surface area contributed by atoms with Gasteiger partial charge in [-0.2, -0.15) is 0 Å². The Kier molecular flexibility index (Phi) is 9.22. The van der Waals surface area contributed by atoms with Crippen LogP contribution in [0.3, 0.4) is 0 Å². The number of fused-ring (bicyclic) bond motifs is 1. The largest absolute Gasteiger partial charge is 0.493 e. The molecule has 1 aliphatic rings. The molecule has 3 heterocycles. The van der Waals surface area contributed by atoms with Crippen LogP contribution in [0.4, 0.5) is 20.7 Å². The fourth-order valence-corrected chi connectivity index (χ4v) is 4.42. The average Bonchev–Trinajstić information content (AvgIpc) is 3.46. The van der Waals surface area contributed by atoms with Gasteiger partial charge in [0, 0.05) is 48.9 Å². The quantitative estimate of drug-likeness (QED) is 0.224. The third-order valence-corrected chi connectivity index (χ3v) is 6.75. The number of amides is 2. The summed E-state index contributed by atoms with van der Waals surface area (Å²) in [5.41, 5.74) is 0.494. The molecule has 1 saturated heterocycles. The minimum Gasteiger partial charge on any atom is -0.493 e. The van der Waals surface area contributed by atoms with Gasteiger partial charge in [0.25, 0.3) is 0 Å². The number of benzene rings is 2. The molecule has 0 unspecified atom stereocenters. The van der Waals surface area contributed by atoms with Gasteiger partial charge in [-0.3, -0.25) is 10.2 Å². The van der Waals surface area contributed by atoms with Gasteiger partial charge in [0.15, 0.2) is 28.9 Å². The predicted molar refractivity (Wildman–Crippen MR) is 158 cm³/mol. The maximum Gasteiger partial charge on any atom is 0.324 e. The summed E-state index contributed by atoms with van der Waals surface area (Å²) in [6.45, 7) is 10.6. The Bertz CT molecular complexity index is 1570. The van der Waals surface area contributed by atoms with Crippen LogP contribution in [0, 0.1) is 5.82 Å². The minimum atomic E-state index is -0.700. The molecule has 0 saturated carbocycles. The molecule has 13 heteroatoms. The number of nitrogens with one attached hydrogen (secondary N) is 2. The van der Waals surface area contributed by atoms with Gasteiger partial charge in [-0.05, 0) is 24.6 Å². The molecule has 228 valence electrons. The van der Waals surface area contributed by atoms with Crippen LogP contribution in [0.15, 0.2) is 47.2 Å². The maximum absolute atomic E-state index is 15.1. The fourth-order valence-electron chi connectivity index (χ4n) is 4.42. The van der Waals surface area contributed by atoms with E-state index in [2.05, 4.69) is 30.7 Å². The first-order valence-corrected chi connectivity index (χ1v) is 14.0. The lowest BCUT2D eigenvalue weighted by molar-refractivity contribution is 0.0357. The highest BCUT2D eigenvalue weighted by Gasteiger charge is 2.21. The average molecular weight is 595 g/mol. The minimum absolute atomic E-state index is 0.0823. The lowest BCUT2D eigenvalue weighted by atomic mass is 9.93. The van der Waals surface area contributed by atoms with Crippen LogP contribution >= 0.6 is 0 Å². The van der Waals surface area contributed by atoms with Crippen molar-refractivity contribution in [2.24, 2.45) is 0 Å². The van der Waals surface area contributed by atoms with E-state index in [1.54, 1.807) is 25.3 Å². The first-order chi connectivity index (χ1) is 20.7. The number of aromatic nitrogens is 3. The smallest absolute Gasteiger partial charge is 0.324 e. The first kappa shape index (κ1) is 30.0. The summed E-state index contributed by atoms with van der Waals surface area (Å²) < 4.78 is 43.2. The van der Waals surface area contributed by atoms with Gasteiger partial charge in [0.2, 0.25) is 5.88 Å². The van der Waals surface area contributed by atoms with Crippen LogP contribution in [0.5, 0.6) is 23.1 Å². The number of urea groups is 1. The van der Waals surface area contributed by atoms with Crippen molar-refractivity contribution in [3.05, 3.63) is 54.3 Å². The molecule has 12 nitrogen and oxygen atoms in total. The summed E-state index contributed by atoms with van der Waals surface area (Å²) >= 11 is 0. The zero-order valence-corrected chi connectivity index (χ0v) is 24.6. The van der Waals surface area contributed by atoms with Crippen molar-refractivity contribution >= 4 is 28.4 Å². The van der Waals surface area contributed by atoms with E-state index in [-0.39, 0.29) is 28.5 Å². The van der Waals surface area contributed by atoms with E-state index in [1.807, 2.05) is 20.8 Å². The highest BCUT2D eigenvalue weighted by Crippen LogP contribution is 2.37. The van der Waals surface area contributed by atoms with E-state index in [4.69, 9.17) is 23.5 Å². The number of nitrogens with zero attached hydrogens (tertiary/aromatic N) is 4. The number of anilines is 2. The lowest BCUT2D eigenvalue weighted by Gasteiger charge is -2.26. The second-order valence-corrected chi connectivity index (χ2v) is 11.0. The lowest BCUT2D eigenvalue weighted by Crippen LogP contribution is -2.37. The second kappa shape index (κ2) is 13.2. The Morgan fingerprint density at radius 3 is 2.58 bits per heavy atom. The molecule has 43 heavy (non-hydrogen) atoms. The molecule has 1 fully saturated rings. The molecule has 2 aromatic heterocycles. The SMILES string of the molecule is COc1cc2ncnc(Oc3ccc(NC(=O)Nc4cc(C(C)(C)C)on4)cc3F)c2cc1OCCCN1CCOCC1. The molecule has 0 aliphatic carbocycles. The molecule has 0 radical (unpaired) electrons. The van der Waals surface area contributed by atoms with Gasteiger partial charge in [-0.1, -0.05) is 25.9 Å². The Balaban J connectivity index is 1.25. The molecule has 2 N–H and O–H groups in total. The summed E-state index contributed by atoms with van der Waals surface area (Å²) in [6, 6.07) is 8.55. The van der Waals surface area contributed by atoms with Gasteiger partial charge >= 0.3 is 6.03 Å². The molecule has 0 spiro atoms. The molecular weight excluding hydrogens is 559 g/mol. The summed E-state index contributed by atoms with van der Waals surface area (Å²) in [7, 11) is 1.56. The van der Waals surface area contributed by atoms with Crippen LogP contribution in [-0.4, -0.2) is 72.6 Å². The molecule has 1 aliphatic heterocycles. The van der Waals surface area contributed by atoms with Crippen LogP contribution in [0.25, 0.3) is 10.9 Å². The van der Waals surface area contributed by atoms with E-state index in [0.717, 1.165) is 45.3 Å². The number of morpholine rings is 1. The Morgan fingerprint density at radius 2 is 1.86 bits per heavy atom. The van der Waals surface area contributed by atoms with Gasteiger partial charge < -0.3 is 28.8 Å². The molecule has 2 aromatic carbocycles. The number of hydrogen-bond donors (Lipinski definition) is 2. The number of hydrogen-bond acceptors (Lipinski definition) is 10. The molecule has 0 bridgehead atoms. The van der Waals surface area contributed by atoms with Crippen molar-refractivity contribution in [1.82, 2.24) is 20.0 Å². The van der Waals surface area contributed by atoms with Crippen molar-refractivity contribution < 1.29 is 32.7 Å². The van der Waals surface area contributed by atoms with Crippen LogP contribution in [-0.2, 0) is 10.2 Å². The highest BCUT2D eigenvalue weighted by molar-refractivity contribution is 5.99. The highest BCUT2D eigenvalue weighted by atomic mass is 19.1. The standard InChI is InChI=1S/C30H35FN6O6/c1-30(2,3)26-17-27(36-43-26)35-29(38)34-19-6-7-23(21(31)14-19)42-28-20-15-25(24(39-4)16-22(20)32-18-33-28)41-11-5-8-37-9-12-40-13-10-37/h6-7,14-18H,5,8-13H2,1-4H3,(H2,34,35,36,38). The summed E-state index contributed by atoms with van der Waals surface area (Å²) in [6.07, 6.45) is 2.16. The molecule has 2 amide bonds. The van der Waals surface area contributed by atoms with Crippen molar-refractivity contribution in [2.75, 3.05) is 57.2 Å². The van der Waals surface area contributed by atoms with Crippen LogP contribution < -0.4 is 24.8 Å². The van der Waals surface area contributed by atoms with Crippen molar-refractivity contribution in [3.63, 3.8) is 0 Å². The molecular formula is C30H35FN6O6. The van der Waals surface area contributed by atoms with Crippen LogP contribution in [0.1, 0.15) is 33.0 Å². The third kappa shape index (κ3) is 7.67. The molecule has 0 atom stereocenters. The second-order valence-electron chi connectivity index (χ2n) is 11.0. The number of carbonyl (C=O) groups is 1. The first-order valence-electron chi connectivity index (χ1n) is 14.0. The molecule has 5 rings (SSSR count). The number of ether oxygens (including phenoxy) is 4. The van der Waals surface area contributed by atoms with E-state index in [9.17, 15) is 4.79 Å². The van der Waals surface area contributed by atoms with Crippen LogP contribution in [0.2, 0.25) is 0 Å². The topological polar surface area (TPSA) is 133 Å². The van der Waals surface area contributed by atoms with E-state index < -0.39 is 11.8 Å². The maximum atomic E-state index is 15.1. The number of carbonyl (C=O) groups excluding carboxylic acids is 1. The number of methoxy groups -OCH3 is 1. The normalized spacial score (nSPS) is 14.0. The van der Waals surface area contributed by atoms with E-state index in [1.165, 1.54) is 18.5 Å².